The summed E-state index contributed by atoms with van der Waals surface area (Å²) in [5.74, 6) is 0.626. The minimum atomic E-state index is -0.764. The summed E-state index contributed by atoms with van der Waals surface area (Å²) in [6.45, 7) is 5.07. The van der Waals surface area contributed by atoms with Crippen LogP contribution in [0.4, 0.5) is 10.1 Å². The molecule has 3 unspecified atom stereocenters. The lowest BCUT2D eigenvalue weighted by Gasteiger charge is -2.33. The highest BCUT2D eigenvalue weighted by Crippen LogP contribution is 2.29. The lowest BCUT2D eigenvalue weighted by Crippen LogP contribution is -2.38. The van der Waals surface area contributed by atoms with Gasteiger partial charge in [-0.15, -0.1) is 0 Å². The van der Waals surface area contributed by atoms with Gasteiger partial charge in [0, 0.05) is 18.7 Å². The fourth-order valence-corrected chi connectivity index (χ4v) is 3.03. The van der Waals surface area contributed by atoms with Crippen molar-refractivity contribution in [3.63, 3.8) is 0 Å². The molecule has 4 nitrogen and oxygen atoms in total. The fraction of sp³-hybridized carbons (Fsp3) is 0.600. The van der Waals surface area contributed by atoms with Crippen LogP contribution in [0.1, 0.15) is 38.7 Å². The third-order valence-electron chi connectivity index (χ3n) is 4.21. The summed E-state index contributed by atoms with van der Waals surface area (Å²) in [7, 11) is 0. The highest BCUT2D eigenvalue weighted by atomic mass is 19.1. The average Bonchev–Trinajstić information content (AvgIpc) is 2.37. The molecule has 2 rings (SSSR count). The molecule has 20 heavy (non-hydrogen) atoms. The van der Waals surface area contributed by atoms with Gasteiger partial charge in [0.2, 0.25) is 5.82 Å². The van der Waals surface area contributed by atoms with Crippen molar-refractivity contribution < 1.29 is 9.31 Å². The van der Waals surface area contributed by atoms with E-state index in [0.29, 0.717) is 18.5 Å². The summed E-state index contributed by atoms with van der Waals surface area (Å²) < 4.78 is 13.5. The van der Waals surface area contributed by atoms with Crippen molar-refractivity contribution in [3.8, 4) is 0 Å². The van der Waals surface area contributed by atoms with Crippen molar-refractivity contribution in [3.05, 3.63) is 39.7 Å². The van der Waals surface area contributed by atoms with Crippen molar-refractivity contribution in [2.45, 2.75) is 45.7 Å². The maximum atomic E-state index is 13.5. The molecular formula is C15H21FN2O2. The van der Waals surface area contributed by atoms with E-state index in [1.807, 2.05) is 0 Å². The Kier molecular flexibility index (Phi) is 4.70. The Bertz CT molecular complexity index is 493. The Morgan fingerprint density at radius 3 is 2.75 bits per heavy atom. The molecule has 1 fully saturated rings. The third-order valence-corrected chi connectivity index (χ3v) is 4.21. The van der Waals surface area contributed by atoms with Crippen molar-refractivity contribution in [1.82, 2.24) is 5.32 Å². The molecule has 0 aromatic heterocycles. The summed E-state index contributed by atoms with van der Waals surface area (Å²) in [5.41, 5.74) is 0.285. The molecule has 3 atom stereocenters. The van der Waals surface area contributed by atoms with Gasteiger partial charge in [0.05, 0.1) is 4.92 Å². The van der Waals surface area contributed by atoms with Crippen LogP contribution in [-0.4, -0.2) is 11.0 Å². The highest BCUT2D eigenvalue weighted by molar-refractivity contribution is 5.34. The Balaban J connectivity index is 1.94. The van der Waals surface area contributed by atoms with E-state index in [0.717, 1.165) is 17.9 Å². The van der Waals surface area contributed by atoms with Gasteiger partial charge >= 0.3 is 5.69 Å². The normalized spacial score (nSPS) is 26.4. The van der Waals surface area contributed by atoms with Gasteiger partial charge in [-0.3, -0.25) is 10.1 Å². The van der Waals surface area contributed by atoms with E-state index in [-0.39, 0.29) is 0 Å². The van der Waals surface area contributed by atoms with E-state index in [4.69, 9.17) is 0 Å². The number of benzene rings is 1. The van der Waals surface area contributed by atoms with E-state index in [9.17, 15) is 14.5 Å². The number of nitro benzene ring substituents is 1. The lowest BCUT2D eigenvalue weighted by atomic mass is 9.80. The van der Waals surface area contributed by atoms with E-state index in [2.05, 4.69) is 19.2 Å². The summed E-state index contributed by atoms with van der Waals surface area (Å²) in [5, 5.41) is 14.0. The van der Waals surface area contributed by atoms with Crippen LogP contribution in [0.2, 0.25) is 0 Å². The Morgan fingerprint density at radius 2 is 2.15 bits per heavy atom. The molecule has 1 N–H and O–H groups in total. The van der Waals surface area contributed by atoms with Crippen LogP contribution in [0.3, 0.4) is 0 Å². The van der Waals surface area contributed by atoms with Gasteiger partial charge in [-0.25, -0.2) is 0 Å². The number of hydrogen-bond acceptors (Lipinski definition) is 3. The first kappa shape index (κ1) is 14.9. The fourth-order valence-electron chi connectivity index (χ4n) is 3.03. The number of nitrogens with one attached hydrogen (secondary N) is 1. The zero-order valence-corrected chi connectivity index (χ0v) is 11.9. The minimum absolute atomic E-state index is 0.449. The number of nitro groups is 1. The average molecular weight is 280 g/mol. The summed E-state index contributed by atoms with van der Waals surface area (Å²) in [6.07, 6.45) is 3.57. The third kappa shape index (κ3) is 3.54. The van der Waals surface area contributed by atoms with Crippen LogP contribution in [0, 0.1) is 27.8 Å². The number of hydrogen-bond donors (Lipinski definition) is 1. The van der Waals surface area contributed by atoms with Crippen LogP contribution < -0.4 is 5.32 Å². The summed E-state index contributed by atoms with van der Waals surface area (Å²) in [6, 6.07) is 4.55. The molecular weight excluding hydrogens is 259 g/mol. The molecule has 1 saturated carbocycles. The maximum Gasteiger partial charge on any atom is 0.304 e. The number of nitrogens with zero attached hydrogens (tertiary/aromatic N) is 1. The molecule has 0 radical (unpaired) electrons. The molecule has 1 aromatic rings. The monoisotopic (exact) mass is 280 g/mol. The summed E-state index contributed by atoms with van der Waals surface area (Å²) >= 11 is 0. The Labute approximate surface area is 118 Å². The second-order valence-corrected chi connectivity index (χ2v) is 5.93. The van der Waals surface area contributed by atoms with Crippen molar-refractivity contribution in [1.29, 1.82) is 0 Å². The molecule has 110 valence electrons. The first-order valence-electron chi connectivity index (χ1n) is 7.13. The molecule has 0 bridgehead atoms. The van der Waals surface area contributed by atoms with E-state index >= 15 is 0 Å². The molecule has 0 aliphatic heterocycles. The number of halogens is 1. The van der Waals surface area contributed by atoms with Crippen LogP contribution in [0.15, 0.2) is 18.2 Å². The van der Waals surface area contributed by atoms with Gasteiger partial charge in [-0.2, -0.15) is 4.39 Å². The highest BCUT2D eigenvalue weighted by Gasteiger charge is 2.24. The van der Waals surface area contributed by atoms with E-state index < -0.39 is 16.4 Å². The quantitative estimate of drug-likeness (QED) is 0.676. The predicted molar refractivity (Wildman–Crippen MR) is 75.9 cm³/mol. The van der Waals surface area contributed by atoms with Crippen molar-refractivity contribution in [2.75, 3.05) is 0 Å². The van der Waals surface area contributed by atoms with Gasteiger partial charge in [0.1, 0.15) is 0 Å². The van der Waals surface area contributed by atoms with Gasteiger partial charge in [-0.05, 0) is 42.7 Å². The van der Waals surface area contributed by atoms with Crippen molar-refractivity contribution >= 4 is 5.69 Å². The van der Waals surface area contributed by atoms with Gasteiger partial charge < -0.3 is 5.32 Å². The smallest absolute Gasteiger partial charge is 0.304 e. The Hall–Kier alpha value is -1.49. The minimum Gasteiger partial charge on any atom is -0.310 e. The van der Waals surface area contributed by atoms with Crippen LogP contribution in [-0.2, 0) is 6.54 Å². The molecule has 0 heterocycles. The van der Waals surface area contributed by atoms with Crippen molar-refractivity contribution in [2.24, 2.45) is 11.8 Å². The first-order valence-corrected chi connectivity index (χ1v) is 7.13. The molecule has 5 heteroatoms. The standard InChI is InChI=1S/C15H21FN2O2/c1-10-3-5-14(11(2)7-10)17-9-12-4-6-15(18(19)20)13(16)8-12/h4,6,8,10-11,14,17H,3,5,7,9H2,1-2H3. The van der Waals surface area contributed by atoms with Gasteiger partial charge in [0.15, 0.2) is 0 Å². The first-order chi connectivity index (χ1) is 9.47. The largest absolute Gasteiger partial charge is 0.310 e. The van der Waals surface area contributed by atoms with Crippen LogP contribution in [0.25, 0.3) is 0 Å². The number of rotatable bonds is 4. The zero-order chi connectivity index (χ0) is 14.7. The zero-order valence-electron chi connectivity index (χ0n) is 11.9. The predicted octanol–water partition coefficient (Wildman–Crippen LogP) is 3.65. The maximum absolute atomic E-state index is 13.5. The second kappa shape index (κ2) is 6.31. The summed E-state index contributed by atoms with van der Waals surface area (Å²) in [4.78, 5) is 9.86. The molecule has 0 saturated heterocycles. The molecule has 1 aliphatic carbocycles. The second-order valence-electron chi connectivity index (χ2n) is 5.93. The van der Waals surface area contributed by atoms with E-state index in [1.54, 1.807) is 6.07 Å². The molecule has 1 aliphatic rings. The van der Waals surface area contributed by atoms with Crippen LogP contribution in [0.5, 0.6) is 0 Å². The van der Waals surface area contributed by atoms with E-state index in [1.165, 1.54) is 25.0 Å². The molecule has 0 amide bonds. The van der Waals surface area contributed by atoms with Gasteiger partial charge in [0.25, 0.3) is 0 Å². The van der Waals surface area contributed by atoms with Gasteiger partial charge in [-0.1, -0.05) is 19.9 Å². The lowest BCUT2D eigenvalue weighted by molar-refractivity contribution is -0.387. The van der Waals surface area contributed by atoms with Crippen LogP contribution >= 0.6 is 0 Å². The topological polar surface area (TPSA) is 55.2 Å². The molecule has 1 aromatic carbocycles. The Morgan fingerprint density at radius 1 is 1.40 bits per heavy atom. The molecule has 0 spiro atoms. The SMILES string of the molecule is CC1CCC(NCc2ccc([N+](=O)[O-])c(F)c2)C(C)C1.